The van der Waals surface area contributed by atoms with E-state index >= 15 is 0 Å². The van der Waals surface area contributed by atoms with Gasteiger partial charge in [-0.1, -0.05) is 17.7 Å². The molecule has 2 heterocycles. The van der Waals surface area contributed by atoms with Gasteiger partial charge in [-0.25, -0.2) is 4.98 Å². The Morgan fingerprint density at radius 2 is 1.54 bits per heavy atom. The molecule has 0 amide bonds. The highest BCUT2D eigenvalue weighted by molar-refractivity contribution is 5.80. The van der Waals surface area contributed by atoms with E-state index in [4.69, 9.17) is 4.98 Å². The molecule has 0 spiro atoms. The molecule has 0 bridgehead atoms. The quantitative estimate of drug-likeness (QED) is 0.662. The maximum Gasteiger partial charge on any atom is 0.155 e. The van der Waals surface area contributed by atoms with Gasteiger partial charge in [0, 0.05) is 25.0 Å². The van der Waals surface area contributed by atoms with Gasteiger partial charge in [-0.15, -0.1) is 0 Å². The van der Waals surface area contributed by atoms with Crippen molar-refractivity contribution < 1.29 is 0 Å². The number of nitrogens with zero attached hydrogens (tertiary/aromatic N) is 3. The summed E-state index contributed by atoms with van der Waals surface area (Å²) in [5, 5.41) is 3.62. The molecule has 0 aliphatic rings. The second-order valence-corrected chi connectivity index (χ2v) is 7.21. The van der Waals surface area contributed by atoms with E-state index in [9.17, 15) is 0 Å². The van der Waals surface area contributed by atoms with Crippen LogP contribution in [-0.4, -0.2) is 22.5 Å². The first-order chi connectivity index (χ1) is 12.3. The highest BCUT2D eigenvalue weighted by Crippen LogP contribution is 2.32. The van der Waals surface area contributed by atoms with Gasteiger partial charge in [0.15, 0.2) is 5.82 Å². The average molecular weight is 351 g/mol. The number of anilines is 3. The Balaban J connectivity index is 2.18. The van der Waals surface area contributed by atoms with Crippen molar-refractivity contribution in [3.8, 4) is 0 Å². The number of hydrogen-bond acceptors (Lipinski definition) is 3. The minimum atomic E-state index is 0.918. The first-order valence-corrected chi connectivity index (χ1v) is 9.44. The Kier molecular flexibility index (Phi) is 4.94. The van der Waals surface area contributed by atoms with Crippen LogP contribution >= 0.6 is 0 Å². The zero-order valence-electron chi connectivity index (χ0n) is 17.1. The average Bonchev–Trinajstić information content (AvgIpc) is 2.89. The highest BCUT2D eigenvalue weighted by Gasteiger charge is 2.17. The van der Waals surface area contributed by atoms with E-state index in [-0.39, 0.29) is 0 Å². The zero-order chi connectivity index (χ0) is 19.0. The van der Waals surface area contributed by atoms with Crippen molar-refractivity contribution in [2.45, 2.75) is 48.5 Å². The van der Waals surface area contributed by atoms with E-state index in [0.29, 0.717) is 0 Å². The second kappa shape index (κ2) is 7.02. The molecule has 0 aliphatic carbocycles. The van der Waals surface area contributed by atoms with Crippen LogP contribution in [0.2, 0.25) is 0 Å². The lowest BCUT2D eigenvalue weighted by Crippen LogP contribution is -2.24. The van der Waals surface area contributed by atoms with Crippen LogP contribution in [0.3, 0.4) is 0 Å². The van der Waals surface area contributed by atoms with Crippen molar-refractivity contribution in [2.24, 2.45) is 0 Å². The molecule has 4 nitrogen and oxygen atoms in total. The number of fused-ring (bicyclic) bond motifs is 1. The van der Waals surface area contributed by atoms with Gasteiger partial charge >= 0.3 is 0 Å². The third-order valence-corrected chi connectivity index (χ3v) is 5.02. The van der Waals surface area contributed by atoms with Crippen LogP contribution < -0.4 is 10.2 Å². The van der Waals surface area contributed by atoms with Crippen molar-refractivity contribution >= 4 is 22.8 Å². The summed E-state index contributed by atoms with van der Waals surface area (Å²) >= 11 is 0. The predicted octanol–water partition coefficient (Wildman–Crippen LogP) is 5.47. The van der Waals surface area contributed by atoms with Gasteiger partial charge in [0.25, 0.3) is 0 Å². The first-order valence-electron chi connectivity index (χ1n) is 9.44. The van der Waals surface area contributed by atoms with Gasteiger partial charge in [-0.05, 0) is 71.2 Å². The molecular weight excluding hydrogens is 320 g/mol. The van der Waals surface area contributed by atoms with Gasteiger partial charge in [0.2, 0.25) is 0 Å². The van der Waals surface area contributed by atoms with Crippen molar-refractivity contribution in [2.75, 3.05) is 23.3 Å². The Bertz CT molecular complexity index is 925. The van der Waals surface area contributed by atoms with Gasteiger partial charge in [-0.2, -0.15) is 0 Å². The maximum atomic E-state index is 4.82. The summed E-state index contributed by atoms with van der Waals surface area (Å²) in [6.07, 6.45) is 2.13. The van der Waals surface area contributed by atoms with Gasteiger partial charge in [0.05, 0.1) is 11.2 Å². The van der Waals surface area contributed by atoms with Gasteiger partial charge in [-0.3, -0.25) is 4.40 Å². The fourth-order valence-corrected chi connectivity index (χ4v) is 3.92. The normalized spacial score (nSPS) is 11.2. The molecule has 0 saturated carbocycles. The van der Waals surface area contributed by atoms with Crippen LogP contribution in [0.25, 0.3) is 5.52 Å². The molecule has 0 aliphatic heterocycles. The van der Waals surface area contributed by atoms with Crippen molar-refractivity contribution in [3.05, 3.63) is 52.3 Å². The molecule has 138 valence electrons. The second-order valence-electron chi connectivity index (χ2n) is 7.21. The van der Waals surface area contributed by atoms with E-state index in [1.54, 1.807) is 0 Å². The SMILES string of the molecule is CCN(CC)c1c(C)cc2c(Nc3c(C)cc(C)cc3C)nc(C)cn12. The van der Waals surface area contributed by atoms with Gasteiger partial charge < -0.3 is 10.2 Å². The smallest absolute Gasteiger partial charge is 0.155 e. The lowest BCUT2D eigenvalue weighted by atomic mass is 10.1. The third-order valence-electron chi connectivity index (χ3n) is 5.02. The molecule has 0 fully saturated rings. The monoisotopic (exact) mass is 350 g/mol. The summed E-state index contributed by atoms with van der Waals surface area (Å²) < 4.78 is 2.28. The van der Waals surface area contributed by atoms with Crippen LogP contribution in [0, 0.1) is 34.6 Å². The topological polar surface area (TPSA) is 32.6 Å². The minimum Gasteiger partial charge on any atom is -0.358 e. The number of nitrogens with one attached hydrogen (secondary N) is 1. The maximum absolute atomic E-state index is 4.82. The van der Waals surface area contributed by atoms with E-state index in [0.717, 1.165) is 35.8 Å². The molecule has 2 aromatic heterocycles. The van der Waals surface area contributed by atoms with Crippen LogP contribution in [0.4, 0.5) is 17.3 Å². The summed E-state index contributed by atoms with van der Waals surface area (Å²) in [7, 11) is 0. The lowest BCUT2D eigenvalue weighted by molar-refractivity contribution is 0.832. The Morgan fingerprint density at radius 1 is 0.923 bits per heavy atom. The van der Waals surface area contributed by atoms with Crippen LogP contribution in [0.5, 0.6) is 0 Å². The van der Waals surface area contributed by atoms with E-state index in [1.165, 1.54) is 28.1 Å². The molecular formula is C22H30N4. The van der Waals surface area contributed by atoms with Crippen molar-refractivity contribution in [3.63, 3.8) is 0 Å². The van der Waals surface area contributed by atoms with Crippen molar-refractivity contribution in [1.82, 2.24) is 9.38 Å². The molecule has 0 saturated heterocycles. The number of hydrogen-bond donors (Lipinski definition) is 1. The summed E-state index contributed by atoms with van der Waals surface area (Å²) in [6, 6.07) is 6.67. The predicted molar refractivity (Wildman–Crippen MR) is 112 cm³/mol. The summed E-state index contributed by atoms with van der Waals surface area (Å²) in [5.41, 5.74) is 8.34. The minimum absolute atomic E-state index is 0.918. The lowest BCUT2D eigenvalue weighted by Gasteiger charge is -2.22. The number of aromatic nitrogens is 2. The Labute approximate surface area is 156 Å². The fraction of sp³-hybridized carbons (Fsp3) is 0.409. The molecule has 26 heavy (non-hydrogen) atoms. The molecule has 0 radical (unpaired) electrons. The number of aryl methyl sites for hydroxylation is 5. The molecule has 3 aromatic rings. The number of rotatable bonds is 5. The van der Waals surface area contributed by atoms with E-state index in [2.05, 4.69) is 87.5 Å². The Hall–Kier alpha value is -2.49. The number of benzene rings is 1. The largest absolute Gasteiger partial charge is 0.358 e. The Morgan fingerprint density at radius 3 is 2.12 bits per heavy atom. The fourth-order valence-electron chi connectivity index (χ4n) is 3.92. The van der Waals surface area contributed by atoms with Crippen LogP contribution in [0.1, 0.15) is 41.8 Å². The molecule has 1 N–H and O–H groups in total. The molecule has 1 aromatic carbocycles. The standard InChI is InChI=1S/C22H30N4/c1-8-25(9-2)22-17(6)12-19-21(23-18(7)13-26(19)22)24-20-15(4)10-14(3)11-16(20)5/h10-13H,8-9H2,1-7H3,(H,23,24). The highest BCUT2D eigenvalue weighted by atomic mass is 15.2. The molecule has 0 unspecified atom stereocenters. The zero-order valence-corrected chi connectivity index (χ0v) is 17.1. The molecule has 4 heteroatoms. The van der Waals surface area contributed by atoms with E-state index in [1.807, 2.05) is 0 Å². The third kappa shape index (κ3) is 3.16. The molecule has 3 rings (SSSR count). The van der Waals surface area contributed by atoms with Gasteiger partial charge in [0.1, 0.15) is 5.82 Å². The summed E-state index contributed by atoms with van der Waals surface area (Å²) in [4.78, 5) is 7.21. The van der Waals surface area contributed by atoms with Crippen LogP contribution in [-0.2, 0) is 0 Å². The van der Waals surface area contributed by atoms with Crippen LogP contribution in [0.15, 0.2) is 24.4 Å². The van der Waals surface area contributed by atoms with Crippen molar-refractivity contribution in [1.29, 1.82) is 0 Å². The first kappa shape index (κ1) is 18.3. The van der Waals surface area contributed by atoms with E-state index < -0.39 is 0 Å². The molecule has 0 atom stereocenters. The summed E-state index contributed by atoms with van der Waals surface area (Å²) in [5.74, 6) is 2.18. The summed E-state index contributed by atoms with van der Waals surface area (Å²) in [6.45, 7) is 17.1.